The van der Waals surface area contributed by atoms with Gasteiger partial charge >= 0.3 is 25.7 Å². The fraction of sp³-hybridized carbons (Fsp3) is 0.587. The van der Waals surface area contributed by atoms with Gasteiger partial charge in [-0.25, -0.2) is 4.57 Å². The summed E-state index contributed by atoms with van der Waals surface area (Å²) in [5.74, 6) is -2.49. The highest BCUT2D eigenvalue weighted by Gasteiger charge is 2.28. The molecule has 0 aliphatic rings. The van der Waals surface area contributed by atoms with E-state index in [1.807, 2.05) is 0 Å². The average molecular weight is 832 g/mol. The highest BCUT2D eigenvalue weighted by Crippen LogP contribution is 2.43. The lowest BCUT2D eigenvalue weighted by molar-refractivity contribution is -0.161. The number of carboxylic acids is 1. The summed E-state index contributed by atoms with van der Waals surface area (Å²) in [6, 6.07) is -1.54. The minimum Gasteiger partial charge on any atom is -0.480 e. The molecule has 0 saturated heterocycles. The largest absolute Gasteiger partial charge is 0.480 e. The molecule has 0 aromatic heterocycles. The Morgan fingerprint density at radius 1 is 0.552 bits per heavy atom. The van der Waals surface area contributed by atoms with E-state index in [9.17, 15) is 23.8 Å². The summed E-state index contributed by atoms with van der Waals surface area (Å²) < 4.78 is 32.6. The van der Waals surface area contributed by atoms with Gasteiger partial charge in [-0.3, -0.25) is 23.4 Å². The summed E-state index contributed by atoms with van der Waals surface area (Å²) in [4.78, 5) is 45.9. The van der Waals surface area contributed by atoms with Crippen LogP contribution in [-0.2, 0) is 37.5 Å². The summed E-state index contributed by atoms with van der Waals surface area (Å²) in [6.07, 6.45) is 50.5. The minimum absolute atomic E-state index is 0.107. The first-order chi connectivity index (χ1) is 28.1. The SMILES string of the molecule is CC/C=C/C/C=C/C/C=C/C/C=C/C/C=C/CCCCCC(=O)O[C@H](COC(=O)CCCC/C=C/C/C=C/C/C=C/CCCCC)COP(=O)(O)OC[C@H](N)C(=O)O. The highest BCUT2D eigenvalue weighted by atomic mass is 31.2. The maximum atomic E-state index is 12.6. The zero-order valence-corrected chi connectivity index (χ0v) is 36.2. The van der Waals surface area contributed by atoms with Crippen molar-refractivity contribution in [3.63, 3.8) is 0 Å². The van der Waals surface area contributed by atoms with Crippen LogP contribution in [-0.4, -0.2) is 59.9 Å². The van der Waals surface area contributed by atoms with Crippen molar-refractivity contribution in [1.82, 2.24) is 0 Å². The standard InChI is InChI=1S/C46H74NO10P/c1-3-5-7-9-11-13-15-17-19-20-21-22-24-26-28-30-32-34-36-38-45(49)57-42(40-55-58(52,53)56-41-43(47)46(50)51)39-54-44(48)37-35-33-31-29-27-25-23-18-16-14-12-10-8-6-4-2/h5,7,11-14,17-19,21-23,26-29,42-43H,3-4,6,8-10,15-16,20,24-25,30-41,47H2,1-2H3,(H,50,51)(H,52,53)/b7-5+,13-11+,14-12+,19-17+,22-21+,23-18+,28-26+,29-27+/t42-,43+/m1/s1. The van der Waals surface area contributed by atoms with Crippen molar-refractivity contribution in [2.24, 2.45) is 5.73 Å². The van der Waals surface area contributed by atoms with Gasteiger partial charge in [0.05, 0.1) is 13.2 Å². The van der Waals surface area contributed by atoms with E-state index in [0.717, 1.165) is 83.5 Å². The zero-order valence-electron chi connectivity index (χ0n) is 35.3. The lowest BCUT2D eigenvalue weighted by atomic mass is 10.1. The summed E-state index contributed by atoms with van der Waals surface area (Å²) in [6.45, 7) is 2.56. The monoisotopic (exact) mass is 832 g/mol. The summed E-state index contributed by atoms with van der Waals surface area (Å²) >= 11 is 0. The van der Waals surface area contributed by atoms with Crippen molar-refractivity contribution in [1.29, 1.82) is 0 Å². The maximum Gasteiger partial charge on any atom is 0.472 e. The molecule has 0 spiro atoms. The summed E-state index contributed by atoms with van der Waals surface area (Å²) in [5, 5.41) is 8.88. The van der Waals surface area contributed by atoms with Gasteiger partial charge in [-0.15, -0.1) is 0 Å². The van der Waals surface area contributed by atoms with E-state index in [1.165, 1.54) is 19.3 Å². The Morgan fingerprint density at radius 3 is 1.45 bits per heavy atom. The van der Waals surface area contributed by atoms with E-state index in [0.29, 0.717) is 12.8 Å². The molecule has 0 aliphatic carbocycles. The van der Waals surface area contributed by atoms with E-state index < -0.39 is 51.1 Å². The van der Waals surface area contributed by atoms with Gasteiger partial charge in [0.1, 0.15) is 12.6 Å². The predicted octanol–water partition coefficient (Wildman–Crippen LogP) is 11.3. The van der Waals surface area contributed by atoms with Gasteiger partial charge in [0.25, 0.3) is 0 Å². The summed E-state index contributed by atoms with van der Waals surface area (Å²) in [7, 11) is -4.74. The number of allylic oxidation sites excluding steroid dienone is 16. The number of carboxylic acid groups (broad SMARTS) is 1. The molecule has 0 saturated carbocycles. The van der Waals surface area contributed by atoms with Gasteiger partial charge in [-0.1, -0.05) is 130 Å². The fourth-order valence-corrected chi connectivity index (χ4v) is 5.76. The van der Waals surface area contributed by atoms with Gasteiger partial charge < -0.3 is 25.2 Å². The number of ether oxygens (including phenoxy) is 2. The van der Waals surface area contributed by atoms with Crippen molar-refractivity contribution in [2.75, 3.05) is 19.8 Å². The van der Waals surface area contributed by atoms with Gasteiger partial charge in [0.2, 0.25) is 0 Å². The van der Waals surface area contributed by atoms with E-state index in [1.54, 1.807) is 0 Å². The Labute approximate surface area is 349 Å². The Kier molecular flexibility index (Phi) is 37.7. The van der Waals surface area contributed by atoms with Crippen LogP contribution in [0.2, 0.25) is 0 Å². The quantitative estimate of drug-likeness (QED) is 0.0234. The topological polar surface area (TPSA) is 172 Å². The number of nitrogens with two attached hydrogens (primary N) is 1. The molecule has 0 amide bonds. The van der Waals surface area contributed by atoms with E-state index >= 15 is 0 Å². The van der Waals surface area contributed by atoms with E-state index in [4.69, 9.17) is 24.8 Å². The van der Waals surface area contributed by atoms with Crippen LogP contribution in [0, 0.1) is 0 Å². The normalized spacial score (nSPS) is 14.7. The molecule has 58 heavy (non-hydrogen) atoms. The van der Waals surface area contributed by atoms with Crippen molar-refractivity contribution in [3.8, 4) is 0 Å². The molecule has 0 aliphatic heterocycles. The smallest absolute Gasteiger partial charge is 0.472 e. The third-order valence-corrected chi connectivity index (χ3v) is 9.27. The van der Waals surface area contributed by atoms with Gasteiger partial charge in [0, 0.05) is 12.8 Å². The van der Waals surface area contributed by atoms with Gasteiger partial charge in [-0.2, -0.15) is 0 Å². The molecule has 328 valence electrons. The first-order valence-corrected chi connectivity index (χ1v) is 22.8. The molecule has 0 fully saturated rings. The Morgan fingerprint density at radius 2 is 0.966 bits per heavy atom. The van der Waals surface area contributed by atoms with Crippen LogP contribution >= 0.6 is 7.82 Å². The molecule has 11 nitrogen and oxygen atoms in total. The van der Waals surface area contributed by atoms with Gasteiger partial charge in [0.15, 0.2) is 6.10 Å². The Hall–Kier alpha value is -3.60. The average Bonchev–Trinajstić information content (AvgIpc) is 3.20. The molecule has 0 aromatic rings. The molecule has 0 rings (SSSR count). The lowest BCUT2D eigenvalue weighted by Gasteiger charge is -2.20. The number of phosphoric acid groups is 1. The Bertz CT molecular complexity index is 1350. The molecule has 12 heteroatoms. The first-order valence-electron chi connectivity index (χ1n) is 21.3. The van der Waals surface area contributed by atoms with Gasteiger partial charge in [-0.05, 0) is 96.3 Å². The molecule has 4 N–H and O–H groups in total. The number of phosphoric ester groups is 1. The number of rotatable bonds is 38. The molecule has 1 unspecified atom stereocenters. The van der Waals surface area contributed by atoms with Crippen LogP contribution in [0.25, 0.3) is 0 Å². The molecule has 3 atom stereocenters. The van der Waals surface area contributed by atoms with Crippen molar-refractivity contribution in [2.45, 2.75) is 154 Å². The number of aliphatic carboxylic acids is 1. The summed E-state index contributed by atoms with van der Waals surface area (Å²) in [5.41, 5.74) is 5.32. The van der Waals surface area contributed by atoms with E-state index in [-0.39, 0.29) is 19.4 Å². The number of esters is 2. The fourth-order valence-electron chi connectivity index (χ4n) is 4.98. The minimum atomic E-state index is -4.74. The highest BCUT2D eigenvalue weighted by molar-refractivity contribution is 7.47. The first kappa shape index (κ1) is 54.4. The Balaban J connectivity index is 4.53. The maximum absolute atomic E-state index is 12.6. The third kappa shape index (κ3) is 39.2. The van der Waals surface area contributed by atoms with Crippen LogP contribution < -0.4 is 5.73 Å². The molecule has 0 heterocycles. The van der Waals surface area contributed by atoms with Crippen LogP contribution in [0.4, 0.5) is 0 Å². The van der Waals surface area contributed by atoms with Crippen LogP contribution in [0.1, 0.15) is 142 Å². The number of unbranched alkanes of at least 4 members (excludes halogenated alkanes) is 8. The second kappa shape index (κ2) is 40.2. The number of hydrogen-bond acceptors (Lipinski definition) is 9. The van der Waals surface area contributed by atoms with Crippen LogP contribution in [0.5, 0.6) is 0 Å². The van der Waals surface area contributed by atoms with Crippen LogP contribution in [0.3, 0.4) is 0 Å². The zero-order chi connectivity index (χ0) is 42.8. The number of hydrogen-bond donors (Lipinski definition) is 3. The molecule has 0 bridgehead atoms. The third-order valence-electron chi connectivity index (χ3n) is 8.32. The van der Waals surface area contributed by atoms with E-state index in [2.05, 4.69) is 116 Å². The molecular weight excluding hydrogens is 757 g/mol. The lowest BCUT2D eigenvalue weighted by Crippen LogP contribution is -2.34. The molecule has 0 radical (unpaired) electrons. The van der Waals surface area contributed by atoms with Crippen molar-refractivity contribution in [3.05, 3.63) is 97.2 Å². The molecular formula is C46H74NO10P. The second-order valence-corrected chi connectivity index (χ2v) is 15.2. The van der Waals surface area contributed by atoms with Crippen molar-refractivity contribution >= 4 is 25.7 Å². The van der Waals surface area contributed by atoms with Crippen molar-refractivity contribution < 1.29 is 47.5 Å². The second-order valence-electron chi connectivity index (χ2n) is 13.7. The molecule has 0 aromatic carbocycles. The van der Waals surface area contributed by atoms with Crippen LogP contribution in [0.15, 0.2) is 97.2 Å². The predicted molar refractivity (Wildman–Crippen MR) is 235 cm³/mol. The number of carbonyl (C=O) groups is 3. The number of carbonyl (C=O) groups excluding carboxylic acids is 2.